The van der Waals surface area contributed by atoms with Crippen LogP contribution in [0.25, 0.3) is 0 Å². The van der Waals surface area contributed by atoms with Crippen LogP contribution in [0.4, 0.5) is 5.69 Å². The molecule has 0 saturated heterocycles. The van der Waals surface area contributed by atoms with Gasteiger partial charge in [0.1, 0.15) is 5.69 Å². The molecule has 0 bridgehead atoms. The Balaban J connectivity index is 2.18. The Bertz CT molecular complexity index is 588. The number of nitrogens with one attached hydrogen (secondary N) is 2. The van der Waals surface area contributed by atoms with Crippen molar-refractivity contribution in [3.8, 4) is 0 Å². The third kappa shape index (κ3) is 2.91. The number of hydrogen-bond acceptors (Lipinski definition) is 2. The molecule has 4 nitrogen and oxygen atoms in total. The zero-order valence-corrected chi connectivity index (χ0v) is 10.5. The molecule has 0 spiro atoms. The van der Waals surface area contributed by atoms with Crippen LogP contribution in [0.1, 0.15) is 21.0 Å². The number of rotatable bonds is 3. The number of benzene rings is 1. The maximum atomic E-state index is 11.8. The van der Waals surface area contributed by atoms with Gasteiger partial charge in [0.2, 0.25) is 0 Å². The van der Waals surface area contributed by atoms with Gasteiger partial charge in [-0.05, 0) is 30.3 Å². The second-order valence-electron chi connectivity index (χ2n) is 3.56. The second kappa shape index (κ2) is 5.25. The minimum atomic E-state index is -0.374. The Hall–Kier alpha value is -1.78. The molecule has 2 rings (SSSR count). The molecule has 0 aliphatic carbocycles. The summed E-state index contributed by atoms with van der Waals surface area (Å²) < 4.78 is 0. The molecule has 92 valence electrons. The lowest BCUT2D eigenvalue weighted by atomic mass is 10.3. The number of halogens is 2. The van der Waals surface area contributed by atoms with Gasteiger partial charge in [-0.1, -0.05) is 23.2 Å². The molecule has 2 N–H and O–H groups in total. The first-order chi connectivity index (χ1) is 8.58. The van der Waals surface area contributed by atoms with Crippen molar-refractivity contribution in [3.63, 3.8) is 0 Å². The van der Waals surface area contributed by atoms with E-state index in [9.17, 15) is 9.59 Å². The predicted octanol–water partition coefficient (Wildman–Crippen LogP) is 3.39. The fourth-order valence-electron chi connectivity index (χ4n) is 1.44. The number of hydrogen-bond donors (Lipinski definition) is 2. The minimum Gasteiger partial charge on any atom is -0.348 e. The SMILES string of the molecule is O=Cc1ccc(C(=O)Nc2cc(Cl)cc(Cl)c2)[nH]1. The molecular formula is C12H8Cl2N2O2. The maximum absolute atomic E-state index is 11.8. The van der Waals surface area contributed by atoms with Crippen LogP contribution < -0.4 is 5.32 Å². The van der Waals surface area contributed by atoms with Crippen LogP contribution in [0.15, 0.2) is 30.3 Å². The van der Waals surface area contributed by atoms with E-state index in [0.29, 0.717) is 27.7 Å². The number of aromatic amines is 1. The van der Waals surface area contributed by atoms with E-state index in [4.69, 9.17) is 23.2 Å². The number of carbonyl (C=O) groups is 2. The van der Waals surface area contributed by atoms with E-state index >= 15 is 0 Å². The highest BCUT2D eigenvalue weighted by Gasteiger charge is 2.09. The van der Waals surface area contributed by atoms with Crippen LogP contribution in [0.3, 0.4) is 0 Å². The molecule has 2 aromatic rings. The van der Waals surface area contributed by atoms with Gasteiger partial charge in [0.05, 0.1) is 5.69 Å². The number of amides is 1. The number of aromatic nitrogens is 1. The summed E-state index contributed by atoms with van der Waals surface area (Å²) >= 11 is 11.6. The number of carbonyl (C=O) groups excluding carboxylic acids is 2. The number of aldehydes is 1. The average molecular weight is 283 g/mol. The van der Waals surface area contributed by atoms with E-state index in [-0.39, 0.29) is 11.6 Å². The van der Waals surface area contributed by atoms with E-state index in [1.807, 2.05) is 0 Å². The summed E-state index contributed by atoms with van der Waals surface area (Å²) in [4.78, 5) is 25.0. The third-order valence-corrected chi connectivity index (χ3v) is 2.64. The van der Waals surface area contributed by atoms with E-state index in [1.165, 1.54) is 12.1 Å². The Morgan fingerprint density at radius 3 is 2.39 bits per heavy atom. The van der Waals surface area contributed by atoms with Gasteiger partial charge in [-0.15, -0.1) is 0 Å². The van der Waals surface area contributed by atoms with Crippen molar-refractivity contribution in [3.05, 3.63) is 51.8 Å². The summed E-state index contributed by atoms with van der Waals surface area (Å²) in [5.74, 6) is -0.374. The van der Waals surface area contributed by atoms with Crippen molar-refractivity contribution in [1.82, 2.24) is 4.98 Å². The largest absolute Gasteiger partial charge is 0.348 e. The van der Waals surface area contributed by atoms with Crippen molar-refractivity contribution < 1.29 is 9.59 Å². The maximum Gasteiger partial charge on any atom is 0.272 e. The first-order valence-electron chi connectivity index (χ1n) is 5.00. The van der Waals surface area contributed by atoms with Gasteiger partial charge < -0.3 is 10.3 Å². The lowest BCUT2D eigenvalue weighted by Crippen LogP contribution is -2.12. The average Bonchev–Trinajstić information content (AvgIpc) is 2.75. The van der Waals surface area contributed by atoms with Crippen LogP contribution in [0.2, 0.25) is 10.0 Å². The van der Waals surface area contributed by atoms with Crippen molar-refractivity contribution in [2.45, 2.75) is 0 Å². The molecule has 0 atom stereocenters. The topological polar surface area (TPSA) is 62.0 Å². The normalized spacial score (nSPS) is 10.1. The lowest BCUT2D eigenvalue weighted by molar-refractivity contribution is 0.102. The molecule has 0 fully saturated rings. The van der Waals surface area contributed by atoms with Gasteiger partial charge in [-0.25, -0.2) is 0 Å². The molecule has 6 heteroatoms. The summed E-state index contributed by atoms with van der Waals surface area (Å²) in [6, 6.07) is 7.76. The Morgan fingerprint density at radius 2 is 1.83 bits per heavy atom. The van der Waals surface area contributed by atoms with Gasteiger partial charge in [0.15, 0.2) is 6.29 Å². The Morgan fingerprint density at radius 1 is 1.17 bits per heavy atom. The van der Waals surface area contributed by atoms with E-state index in [1.54, 1.807) is 18.2 Å². The summed E-state index contributed by atoms with van der Waals surface area (Å²) in [6.45, 7) is 0. The summed E-state index contributed by atoms with van der Waals surface area (Å²) in [7, 11) is 0. The highest BCUT2D eigenvalue weighted by molar-refractivity contribution is 6.35. The highest BCUT2D eigenvalue weighted by Crippen LogP contribution is 2.22. The summed E-state index contributed by atoms with van der Waals surface area (Å²) in [5.41, 5.74) is 1.11. The van der Waals surface area contributed by atoms with Crippen molar-refractivity contribution in [2.24, 2.45) is 0 Å². The monoisotopic (exact) mass is 282 g/mol. The molecule has 1 aromatic carbocycles. The molecule has 0 saturated carbocycles. The first-order valence-corrected chi connectivity index (χ1v) is 5.76. The Kier molecular flexibility index (Phi) is 3.69. The molecule has 0 aliphatic rings. The van der Waals surface area contributed by atoms with Gasteiger partial charge in [-0.3, -0.25) is 9.59 Å². The second-order valence-corrected chi connectivity index (χ2v) is 4.43. The predicted molar refractivity (Wildman–Crippen MR) is 70.6 cm³/mol. The van der Waals surface area contributed by atoms with Gasteiger partial charge in [0, 0.05) is 15.7 Å². The van der Waals surface area contributed by atoms with Crippen LogP contribution in [-0.2, 0) is 0 Å². The summed E-state index contributed by atoms with van der Waals surface area (Å²) in [6.07, 6.45) is 0.632. The third-order valence-electron chi connectivity index (χ3n) is 2.20. The lowest BCUT2D eigenvalue weighted by Gasteiger charge is -2.05. The molecule has 1 heterocycles. The fourth-order valence-corrected chi connectivity index (χ4v) is 1.96. The van der Waals surface area contributed by atoms with Crippen LogP contribution in [0, 0.1) is 0 Å². The highest BCUT2D eigenvalue weighted by atomic mass is 35.5. The van der Waals surface area contributed by atoms with Crippen LogP contribution >= 0.6 is 23.2 Å². The van der Waals surface area contributed by atoms with E-state index < -0.39 is 0 Å². The molecular weight excluding hydrogens is 275 g/mol. The number of H-pyrrole nitrogens is 1. The minimum absolute atomic E-state index is 0.285. The van der Waals surface area contributed by atoms with Gasteiger partial charge >= 0.3 is 0 Å². The standard InChI is InChI=1S/C12H8Cl2N2O2/c13-7-3-8(14)5-10(4-7)16-12(18)11-2-1-9(6-17)15-11/h1-6,15H,(H,16,18). The zero-order chi connectivity index (χ0) is 13.1. The quantitative estimate of drug-likeness (QED) is 0.848. The van der Waals surface area contributed by atoms with Gasteiger partial charge in [0.25, 0.3) is 5.91 Å². The molecule has 0 unspecified atom stereocenters. The van der Waals surface area contributed by atoms with E-state index in [2.05, 4.69) is 10.3 Å². The zero-order valence-electron chi connectivity index (χ0n) is 9.04. The van der Waals surface area contributed by atoms with Crippen LogP contribution in [-0.4, -0.2) is 17.2 Å². The number of anilines is 1. The Labute approximate surface area is 113 Å². The summed E-state index contributed by atoms with van der Waals surface area (Å²) in [5, 5.41) is 3.48. The van der Waals surface area contributed by atoms with Crippen molar-refractivity contribution in [1.29, 1.82) is 0 Å². The molecule has 0 aliphatic heterocycles. The smallest absolute Gasteiger partial charge is 0.272 e. The van der Waals surface area contributed by atoms with E-state index in [0.717, 1.165) is 0 Å². The molecule has 1 amide bonds. The molecule has 18 heavy (non-hydrogen) atoms. The van der Waals surface area contributed by atoms with Crippen molar-refractivity contribution in [2.75, 3.05) is 5.32 Å². The van der Waals surface area contributed by atoms with Crippen LogP contribution in [0.5, 0.6) is 0 Å². The van der Waals surface area contributed by atoms with Crippen molar-refractivity contribution >= 4 is 41.1 Å². The molecule has 0 radical (unpaired) electrons. The first kappa shape index (κ1) is 12.7. The molecule has 1 aromatic heterocycles. The van der Waals surface area contributed by atoms with Gasteiger partial charge in [-0.2, -0.15) is 0 Å². The fraction of sp³-hybridized carbons (Fsp3) is 0.